The van der Waals surface area contributed by atoms with Crippen LogP contribution in [0.3, 0.4) is 0 Å². The predicted molar refractivity (Wildman–Crippen MR) is 94.3 cm³/mol. The molecule has 8 heteroatoms. The minimum absolute atomic E-state index is 0.0569. The first-order valence-corrected chi connectivity index (χ1v) is 7.96. The highest BCUT2D eigenvalue weighted by molar-refractivity contribution is 6.31. The maximum absolute atomic E-state index is 13.1. The zero-order chi connectivity index (χ0) is 18.5. The molecule has 132 valence electrons. The van der Waals surface area contributed by atoms with Crippen LogP contribution in [-0.2, 0) is 4.79 Å². The van der Waals surface area contributed by atoms with Crippen molar-refractivity contribution in [2.24, 2.45) is 0 Å². The van der Waals surface area contributed by atoms with Crippen LogP contribution in [0.1, 0.15) is 10.5 Å². The number of amides is 2. The Morgan fingerprint density at radius 1 is 1.12 bits per heavy atom. The van der Waals surface area contributed by atoms with E-state index in [9.17, 15) is 14.0 Å². The lowest BCUT2D eigenvalue weighted by atomic mass is 10.1. The summed E-state index contributed by atoms with van der Waals surface area (Å²) in [6.45, 7) is -0.290. The number of rotatable bonds is 5. The summed E-state index contributed by atoms with van der Waals surface area (Å²) in [7, 11) is 0. The van der Waals surface area contributed by atoms with Gasteiger partial charge in [-0.25, -0.2) is 4.39 Å². The number of halogens is 2. The molecule has 0 aliphatic heterocycles. The lowest BCUT2D eigenvalue weighted by molar-refractivity contribution is -0.115. The lowest BCUT2D eigenvalue weighted by Gasteiger charge is -2.06. The first-order valence-electron chi connectivity index (χ1n) is 7.58. The number of nitrogens with zero attached hydrogens (tertiary/aromatic N) is 1. The Morgan fingerprint density at radius 2 is 1.88 bits per heavy atom. The van der Waals surface area contributed by atoms with Gasteiger partial charge in [0, 0.05) is 17.3 Å². The molecule has 3 aromatic rings. The largest absolute Gasteiger partial charge is 0.355 e. The first-order chi connectivity index (χ1) is 12.5. The van der Waals surface area contributed by atoms with Crippen molar-refractivity contribution in [3.05, 3.63) is 71.1 Å². The molecule has 0 aliphatic rings. The van der Waals surface area contributed by atoms with Gasteiger partial charge >= 0.3 is 0 Å². The number of nitrogens with one attached hydrogen (secondary N) is 2. The molecule has 0 spiro atoms. The molecule has 1 aromatic heterocycles. The van der Waals surface area contributed by atoms with Crippen LogP contribution < -0.4 is 10.6 Å². The normalized spacial score (nSPS) is 10.4. The molecule has 0 unspecified atom stereocenters. The second kappa shape index (κ2) is 7.79. The van der Waals surface area contributed by atoms with E-state index in [0.29, 0.717) is 11.4 Å². The molecule has 1 heterocycles. The SMILES string of the molecule is O=C(CNC(=O)c1cc(-c2ccccc2)on1)Nc1ccc(F)c(Cl)c1. The Kier molecular flexibility index (Phi) is 5.28. The molecule has 0 radical (unpaired) electrons. The van der Waals surface area contributed by atoms with Gasteiger partial charge in [-0.15, -0.1) is 0 Å². The zero-order valence-corrected chi connectivity index (χ0v) is 14.1. The Morgan fingerprint density at radius 3 is 2.62 bits per heavy atom. The summed E-state index contributed by atoms with van der Waals surface area (Å²) in [5.74, 6) is -1.18. The number of anilines is 1. The average Bonchev–Trinajstić information content (AvgIpc) is 3.14. The molecule has 0 saturated heterocycles. The van der Waals surface area contributed by atoms with Gasteiger partial charge in [0.15, 0.2) is 11.5 Å². The molecule has 0 fully saturated rings. The Bertz CT molecular complexity index is 944. The molecule has 0 bridgehead atoms. The van der Waals surface area contributed by atoms with E-state index >= 15 is 0 Å². The van der Waals surface area contributed by atoms with E-state index in [2.05, 4.69) is 15.8 Å². The van der Waals surface area contributed by atoms with Gasteiger partial charge in [0.05, 0.1) is 11.6 Å². The monoisotopic (exact) mass is 373 g/mol. The highest BCUT2D eigenvalue weighted by Gasteiger charge is 2.14. The lowest BCUT2D eigenvalue weighted by Crippen LogP contribution is -2.33. The van der Waals surface area contributed by atoms with E-state index < -0.39 is 17.6 Å². The van der Waals surface area contributed by atoms with Crippen molar-refractivity contribution >= 4 is 29.1 Å². The van der Waals surface area contributed by atoms with Crippen LogP contribution in [0, 0.1) is 5.82 Å². The number of benzene rings is 2. The van der Waals surface area contributed by atoms with Gasteiger partial charge in [-0.3, -0.25) is 9.59 Å². The maximum atomic E-state index is 13.1. The summed E-state index contributed by atoms with van der Waals surface area (Å²) >= 11 is 5.64. The zero-order valence-electron chi connectivity index (χ0n) is 13.3. The molecule has 3 rings (SSSR count). The average molecular weight is 374 g/mol. The third-order valence-electron chi connectivity index (χ3n) is 3.41. The molecule has 2 N–H and O–H groups in total. The molecule has 0 saturated carbocycles. The second-order valence-corrected chi connectivity index (χ2v) is 5.71. The maximum Gasteiger partial charge on any atom is 0.273 e. The first kappa shape index (κ1) is 17.6. The number of aromatic nitrogens is 1. The van der Waals surface area contributed by atoms with Crippen LogP contribution in [0.4, 0.5) is 10.1 Å². The van der Waals surface area contributed by atoms with Gasteiger partial charge in [-0.1, -0.05) is 47.1 Å². The Labute approximate surface area is 152 Å². The van der Waals surface area contributed by atoms with Crippen LogP contribution in [0.25, 0.3) is 11.3 Å². The predicted octanol–water partition coefficient (Wildman–Crippen LogP) is 3.50. The standard InChI is InChI=1S/C18H13ClFN3O3/c19-13-8-12(6-7-14(13)20)22-17(24)10-21-18(25)15-9-16(26-23-15)11-4-2-1-3-5-11/h1-9H,10H2,(H,21,25)(H,22,24). The fraction of sp³-hybridized carbons (Fsp3) is 0.0556. The Hall–Kier alpha value is -3.19. The van der Waals surface area contributed by atoms with Crippen LogP contribution >= 0.6 is 11.6 Å². The fourth-order valence-electron chi connectivity index (χ4n) is 2.15. The third-order valence-corrected chi connectivity index (χ3v) is 3.70. The molecule has 2 amide bonds. The van der Waals surface area contributed by atoms with E-state index in [1.807, 2.05) is 30.3 Å². The van der Waals surface area contributed by atoms with Gasteiger partial charge in [0.1, 0.15) is 5.82 Å². The van der Waals surface area contributed by atoms with Crippen LogP contribution in [0.2, 0.25) is 5.02 Å². The minimum atomic E-state index is -0.585. The number of carbonyl (C=O) groups excluding carboxylic acids is 2. The van der Waals surface area contributed by atoms with E-state index in [0.717, 1.165) is 11.6 Å². The van der Waals surface area contributed by atoms with Crippen molar-refractivity contribution in [1.29, 1.82) is 0 Å². The third kappa shape index (κ3) is 4.25. The summed E-state index contributed by atoms with van der Waals surface area (Å²) in [6.07, 6.45) is 0. The summed E-state index contributed by atoms with van der Waals surface area (Å²) in [5, 5.41) is 8.52. The van der Waals surface area contributed by atoms with Crippen molar-refractivity contribution in [3.8, 4) is 11.3 Å². The topological polar surface area (TPSA) is 84.2 Å². The molecule has 6 nitrogen and oxygen atoms in total. The second-order valence-electron chi connectivity index (χ2n) is 5.30. The number of hydrogen-bond donors (Lipinski definition) is 2. The molecule has 26 heavy (non-hydrogen) atoms. The summed E-state index contributed by atoms with van der Waals surface area (Å²) in [6, 6.07) is 14.4. The van der Waals surface area contributed by atoms with Gasteiger partial charge in [0.2, 0.25) is 5.91 Å². The van der Waals surface area contributed by atoms with E-state index in [1.54, 1.807) is 0 Å². The highest BCUT2D eigenvalue weighted by atomic mass is 35.5. The van der Waals surface area contributed by atoms with Gasteiger partial charge in [0.25, 0.3) is 5.91 Å². The van der Waals surface area contributed by atoms with Crippen molar-refractivity contribution in [2.75, 3.05) is 11.9 Å². The van der Waals surface area contributed by atoms with E-state index in [-0.39, 0.29) is 17.3 Å². The molecular weight excluding hydrogens is 361 g/mol. The highest BCUT2D eigenvalue weighted by Crippen LogP contribution is 2.20. The van der Waals surface area contributed by atoms with Gasteiger partial charge < -0.3 is 15.2 Å². The van der Waals surface area contributed by atoms with Crippen LogP contribution in [0.15, 0.2) is 59.1 Å². The quantitative estimate of drug-likeness (QED) is 0.716. The van der Waals surface area contributed by atoms with Gasteiger partial charge in [-0.05, 0) is 18.2 Å². The summed E-state index contributed by atoms with van der Waals surface area (Å²) in [5.41, 5.74) is 1.16. The number of hydrogen-bond acceptors (Lipinski definition) is 4. The fourth-order valence-corrected chi connectivity index (χ4v) is 2.33. The van der Waals surface area contributed by atoms with E-state index in [4.69, 9.17) is 16.1 Å². The van der Waals surface area contributed by atoms with Crippen molar-refractivity contribution in [2.45, 2.75) is 0 Å². The van der Waals surface area contributed by atoms with Gasteiger partial charge in [-0.2, -0.15) is 0 Å². The van der Waals surface area contributed by atoms with Crippen molar-refractivity contribution < 1.29 is 18.5 Å². The molecule has 0 atom stereocenters. The van der Waals surface area contributed by atoms with Crippen molar-refractivity contribution in [1.82, 2.24) is 10.5 Å². The van der Waals surface area contributed by atoms with Crippen molar-refractivity contribution in [3.63, 3.8) is 0 Å². The molecule has 0 aliphatic carbocycles. The Balaban J connectivity index is 1.56. The molecule has 2 aromatic carbocycles. The van der Waals surface area contributed by atoms with Crippen LogP contribution in [-0.4, -0.2) is 23.5 Å². The summed E-state index contributed by atoms with van der Waals surface area (Å²) in [4.78, 5) is 23.9. The van der Waals surface area contributed by atoms with E-state index in [1.165, 1.54) is 18.2 Å². The minimum Gasteiger partial charge on any atom is -0.355 e. The smallest absolute Gasteiger partial charge is 0.273 e. The van der Waals surface area contributed by atoms with Crippen LogP contribution in [0.5, 0.6) is 0 Å². The molecular formula is C18H13ClFN3O3. The number of carbonyl (C=O) groups is 2. The summed E-state index contributed by atoms with van der Waals surface area (Å²) < 4.78 is 18.2.